The van der Waals surface area contributed by atoms with E-state index in [0.29, 0.717) is 43.4 Å². The zero-order valence-corrected chi connectivity index (χ0v) is 16.9. The molecule has 0 N–H and O–H groups in total. The Morgan fingerprint density at radius 3 is 2.57 bits per heavy atom. The molecule has 6 heteroatoms. The number of likely N-dealkylation sites (tertiary alicyclic amines) is 2. The second kappa shape index (κ2) is 10.5. The molecule has 0 spiro atoms. The van der Waals surface area contributed by atoms with Gasteiger partial charge in [0.15, 0.2) is 0 Å². The molecule has 2 aliphatic rings. The van der Waals surface area contributed by atoms with E-state index in [4.69, 9.17) is 9.47 Å². The highest BCUT2D eigenvalue weighted by atomic mass is 16.5. The Kier molecular flexibility index (Phi) is 7.71. The summed E-state index contributed by atoms with van der Waals surface area (Å²) in [7, 11) is 1.61. The standard InChI is InChI=1S/C22H32N2O4/c1-27-15-11-21(25)24-14-7-8-18(16-24)17-28-20-10-4-3-9-19(20)22(26)23-12-5-2-6-13-23/h3-4,9-10,18H,2,5-8,11-17H2,1H3. The van der Waals surface area contributed by atoms with Crippen LogP contribution < -0.4 is 4.74 Å². The lowest BCUT2D eigenvalue weighted by Gasteiger charge is -2.33. The van der Waals surface area contributed by atoms with Gasteiger partial charge in [-0.3, -0.25) is 9.59 Å². The fraction of sp³-hybridized carbons (Fsp3) is 0.636. The molecular formula is C22H32N2O4. The third kappa shape index (κ3) is 5.47. The van der Waals surface area contributed by atoms with Crippen LogP contribution in [0.3, 0.4) is 0 Å². The molecular weight excluding hydrogens is 356 g/mol. The molecule has 2 saturated heterocycles. The van der Waals surface area contributed by atoms with Crippen LogP contribution in [0.1, 0.15) is 48.9 Å². The van der Waals surface area contributed by atoms with E-state index in [-0.39, 0.29) is 11.8 Å². The molecule has 1 aromatic rings. The van der Waals surface area contributed by atoms with Crippen molar-refractivity contribution in [2.45, 2.75) is 38.5 Å². The number of amides is 2. The van der Waals surface area contributed by atoms with Crippen molar-refractivity contribution in [2.24, 2.45) is 5.92 Å². The Hall–Kier alpha value is -2.08. The number of rotatable bonds is 7. The number of hydrogen-bond donors (Lipinski definition) is 0. The van der Waals surface area contributed by atoms with Crippen molar-refractivity contribution in [3.05, 3.63) is 29.8 Å². The van der Waals surface area contributed by atoms with Crippen molar-refractivity contribution < 1.29 is 19.1 Å². The lowest BCUT2D eigenvalue weighted by atomic mass is 9.98. The lowest BCUT2D eigenvalue weighted by Crippen LogP contribution is -2.42. The molecule has 2 heterocycles. The maximum atomic E-state index is 12.9. The number of methoxy groups -OCH3 is 1. The Bertz CT molecular complexity index is 658. The number of para-hydroxylation sites is 1. The third-order valence-corrected chi connectivity index (χ3v) is 5.63. The molecule has 1 atom stereocenters. The van der Waals surface area contributed by atoms with Crippen LogP contribution in [0.5, 0.6) is 5.75 Å². The third-order valence-electron chi connectivity index (χ3n) is 5.63. The van der Waals surface area contributed by atoms with Gasteiger partial charge in [-0.15, -0.1) is 0 Å². The van der Waals surface area contributed by atoms with Gasteiger partial charge in [0.2, 0.25) is 5.91 Å². The van der Waals surface area contributed by atoms with Gasteiger partial charge in [0.1, 0.15) is 5.75 Å². The van der Waals surface area contributed by atoms with Gasteiger partial charge in [-0.05, 0) is 44.2 Å². The second-order valence-corrected chi connectivity index (χ2v) is 7.75. The van der Waals surface area contributed by atoms with Crippen LogP contribution in [-0.4, -0.2) is 68.1 Å². The first-order valence-electron chi connectivity index (χ1n) is 10.5. The molecule has 154 valence electrons. The molecule has 1 aromatic carbocycles. The number of hydrogen-bond acceptors (Lipinski definition) is 4. The van der Waals surface area contributed by atoms with E-state index in [1.165, 1.54) is 6.42 Å². The monoisotopic (exact) mass is 388 g/mol. The summed E-state index contributed by atoms with van der Waals surface area (Å²) in [4.78, 5) is 29.0. The van der Waals surface area contributed by atoms with Crippen LogP contribution in [0.2, 0.25) is 0 Å². The molecule has 0 aliphatic carbocycles. The fourth-order valence-electron chi connectivity index (χ4n) is 4.02. The summed E-state index contributed by atoms with van der Waals surface area (Å²) in [5.74, 6) is 1.15. The highest BCUT2D eigenvalue weighted by Gasteiger charge is 2.25. The average molecular weight is 389 g/mol. The van der Waals surface area contributed by atoms with Gasteiger partial charge >= 0.3 is 0 Å². The SMILES string of the molecule is COCCC(=O)N1CCCC(COc2ccccc2C(=O)N2CCCCC2)C1. The molecule has 0 saturated carbocycles. The van der Waals surface area contributed by atoms with E-state index in [9.17, 15) is 9.59 Å². The van der Waals surface area contributed by atoms with Crippen LogP contribution in [-0.2, 0) is 9.53 Å². The van der Waals surface area contributed by atoms with Crippen molar-refractivity contribution >= 4 is 11.8 Å². The molecule has 0 bridgehead atoms. The van der Waals surface area contributed by atoms with Crippen LogP contribution in [0, 0.1) is 5.92 Å². The van der Waals surface area contributed by atoms with E-state index >= 15 is 0 Å². The second-order valence-electron chi connectivity index (χ2n) is 7.75. The van der Waals surface area contributed by atoms with Gasteiger partial charge in [0.25, 0.3) is 5.91 Å². The maximum Gasteiger partial charge on any atom is 0.257 e. The first-order valence-corrected chi connectivity index (χ1v) is 10.5. The minimum Gasteiger partial charge on any atom is -0.492 e. The molecule has 28 heavy (non-hydrogen) atoms. The lowest BCUT2D eigenvalue weighted by molar-refractivity contribution is -0.134. The number of benzene rings is 1. The maximum absolute atomic E-state index is 12.9. The molecule has 2 aliphatic heterocycles. The number of carbonyl (C=O) groups is 2. The van der Waals surface area contributed by atoms with Gasteiger partial charge in [0, 0.05) is 39.2 Å². The molecule has 0 aromatic heterocycles. The highest BCUT2D eigenvalue weighted by Crippen LogP contribution is 2.24. The van der Waals surface area contributed by atoms with Crippen molar-refractivity contribution in [1.82, 2.24) is 9.80 Å². The summed E-state index contributed by atoms with van der Waals surface area (Å²) in [5.41, 5.74) is 0.647. The fourth-order valence-corrected chi connectivity index (χ4v) is 4.02. The van der Waals surface area contributed by atoms with Crippen LogP contribution in [0.4, 0.5) is 0 Å². The molecule has 3 rings (SSSR count). The predicted octanol–water partition coefficient (Wildman–Crippen LogP) is 2.97. The minimum absolute atomic E-state index is 0.0651. The molecule has 0 radical (unpaired) electrons. The van der Waals surface area contributed by atoms with E-state index < -0.39 is 0 Å². The van der Waals surface area contributed by atoms with Gasteiger partial charge < -0.3 is 19.3 Å². The minimum atomic E-state index is 0.0651. The molecule has 2 fully saturated rings. The first kappa shape index (κ1) is 20.6. The summed E-state index contributed by atoms with van der Waals surface area (Å²) in [5, 5.41) is 0. The van der Waals surface area contributed by atoms with Crippen molar-refractivity contribution in [3.8, 4) is 5.75 Å². The van der Waals surface area contributed by atoms with Gasteiger partial charge in [0.05, 0.1) is 25.2 Å². The van der Waals surface area contributed by atoms with E-state index in [2.05, 4.69) is 0 Å². The Morgan fingerprint density at radius 1 is 1.04 bits per heavy atom. The number of carbonyl (C=O) groups excluding carboxylic acids is 2. The highest BCUT2D eigenvalue weighted by molar-refractivity contribution is 5.97. The zero-order valence-electron chi connectivity index (χ0n) is 16.9. The summed E-state index contributed by atoms with van der Waals surface area (Å²) in [6.45, 7) is 4.16. The van der Waals surface area contributed by atoms with Crippen LogP contribution >= 0.6 is 0 Å². The van der Waals surface area contributed by atoms with Crippen molar-refractivity contribution in [3.63, 3.8) is 0 Å². The number of nitrogens with zero attached hydrogens (tertiary/aromatic N) is 2. The largest absolute Gasteiger partial charge is 0.492 e. The first-order chi connectivity index (χ1) is 13.7. The van der Waals surface area contributed by atoms with Crippen molar-refractivity contribution in [1.29, 1.82) is 0 Å². The summed E-state index contributed by atoms with van der Waals surface area (Å²) in [6.07, 6.45) is 5.80. The molecule has 6 nitrogen and oxygen atoms in total. The normalized spacial score (nSPS) is 20.1. The van der Waals surface area contributed by atoms with Gasteiger partial charge in [-0.2, -0.15) is 0 Å². The summed E-state index contributed by atoms with van der Waals surface area (Å²) in [6, 6.07) is 7.53. The van der Waals surface area contributed by atoms with E-state index in [1.807, 2.05) is 34.1 Å². The van der Waals surface area contributed by atoms with Crippen molar-refractivity contribution in [2.75, 3.05) is 46.5 Å². The van der Waals surface area contributed by atoms with Crippen LogP contribution in [0.25, 0.3) is 0 Å². The van der Waals surface area contributed by atoms with E-state index in [0.717, 1.165) is 45.3 Å². The number of ether oxygens (including phenoxy) is 2. The molecule has 2 amide bonds. The molecule has 1 unspecified atom stereocenters. The van der Waals surface area contributed by atoms with Gasteiger partial charge in [-0.1, -0.05) is 12.1 Å². The predicted molar refractivity (Wildman–Crippen MR) is 107 cm³/mol. The quantitative estimate of drug-likeness (QED) is 0.721. The Morgan fingerprint density at radius 2 is 1.79 bits per heavy atom. The topological polar surface area (TPSA) is 59.1 Å². The summed E-state index contributed by atoms with van der Waals surface area (Å²) >= 11 is 0. The average Bonchev–Trinajstić information content (AvgIpc) is 2.76. The number of piperidine rings is 2. The Balaban J connectivity index is 1.57. The Labute approximate surface area is 167 Å². The van der Waals surface area contributed by atoms with Crippen LogP contribution in [0.15, 0.2) is 24.3 Å². The zero-order chi connectivity index (χ0) is 19.8. The summed E-state index contributed by atoms with van der Waals surface area (Å²) < 4.78 is 11.1. The van der Waals surface area contributed by atoms with Gasteiger partial charge in [-0.25, -0.2) is 0 Å². The van der Waals surface area contributed by atoms with E-state index in [1.54, 1.807) is 7.11 Å². The smallest absolute Gasteiger partial charge is 0.257 e.